The SMILES string of the molecule is COc1cc(/C=C/c2ccccc2)cc(OC)c1C(C)=O. The second-order valence-electron chi connectivity index (χ2n) is 4.60. The predicted octanol–water partition coefficient (Wildman–Crippen LogP) is 4.08. The van der Waals surface area contributed by atoms with Crippen LogP contribution in [-0.4, -0.2) is 20.0 Å². The van der Waals surface area contributed by atoms with Crippen LogP contribution >= 0.6 is 0 Å². The number of Topliss-reactive ketones (excluding diaryl/α,β-unsaturated/α-hetero) is 1. The smallest absolute Gasteiger partial charge is 0.167 e. The first-order valence-electron chi connectivity index (χ1n) is 6.65. The molecule has 0 heterocycles. The molecule has 3 nitrogen and oxygen atoms in total. The third kappa shape index (κ3) is 3.51. The van der Waals surface area contributed by atoms with Crippen LogP contribution in [0.1, 0.15) is 28.4 Å². The van der Waals surface area contributed by atoms with Crippen molar-refractivity contribution in [3.05, 3.63) is 59.2 Å². The van der Waals surface area contributed by atoms with E-state index in [1.807, 2.05) is 54.6 Å². The summed E-state index contributed by atoms with van der Waals surface area (Å²) < 4.78 is 10.6. The van der Waals surface area contributed by atoms with E-state index in [1.54, 1.807) is 14.2 Å². The average Bonchev–Trinajstić information content (AvgIpc) is 2.52. The normalized spacial score (nSPS) is 10.6. The van der Waals surface area contributed by atoms with Crippen LogP contribution in [0.25, 0.3) is 12.2 Å². The van der Waals surface area contributed by atoms with Crippen LogP contribution in [0.3, 0.4) is 0 Å². The van der Waals surface area contributed by atoms with Gasteiger partial charge in [-0.15, -0.1) is 0 Å². The lowest BCUT2D eigenvalue weighted by atomic mass is 10.0. The van der Waals surface area contributed by atoms with E-state index < -0.39 is 0 Å². The third-order valence-electron chi connectivity index (χ3n) is 3.15. The molecule has 0 aliphatic heterocycles. The molecule has 0 N–H and O–H groups in total. The molecule has 0 saturated heterocycles. The van der Waals surface area contributed by atoms with Gasteiger partial charge in [-0.25, -0.2) is 0 Å². The van der Waals surface area contributed by atoms with Crippen LogP contribution < -0.4 is 9.47 Å². The highest BCUT2D eigenvalue weighted by Gasteiger charge is 2.15. The van der Waals surface area contributed by atoms with Gasteiger partial charge in [0.15, 0.2) is 5.78 Å². The maximum absolute atomic E-state index is 11.7. The van der Waals surface area contributed by atoms with Gasteiger partial charge in [0.1, 0.15) is 17.1 Å². The first kappa shape index (κ1) is 14.9. The van der Waals surface area contributed by atoms with Gasteiger partial charge in [0, 0.05) is 0 Å². The second-order valence-corrected chi connectivity index (χ2v) is 4.60. The zero-order valence-corrected chi connectivity index (χ0v) is 12.4. The quantitative estimate of drug-likeness (QED) is 0.612. The summed E-state index contributed by atoms with van der Waals surface area (Å²) in [5.74, 6) is 0.964. The summed E-state index contributed by atoms with van der Waals surface area (Å²) in [5, 5.41) is 0. The Bertz CT molecular complexity index is 632. The molecule has 2 aromatic carbocycles. The van der Waals surface area contributed by atoms with Gasteiger partial charge in [-0.2, -0.15) is 0 Å². The average molecular weight is 282 g/mol. The van der Waals surface area contributed by atoms with Gasteiger partial charge in [-0.3, -0.25) is 4.79 Å². The van der Waals surface area contributed by atoms with Crippen LogP contribution in [0.4, 0.5) is 0 Å². The van der Waals surface area contributed by atoms with E-state index in [1.165, 1.54) is 6.92 Å². The van der Waals surface area contributed by atoms with Gasteiger partial charge in [0.25, 0.3) is 0 Å². The van der Waals surface area contributed by atoms with Crippen LogP contribution in [0.5, 0.6) is 11.5 Å². The highest BCUT2D eigenvalue weighted by Crippen LogP contribution is 2.31. The van der Waals surface area contributed by atoms with E-state index in [2.05, 4.69) is 0 Å². The minimum atomic E-state index is -0.0812. The number of benzene rings is 2. The fourth-order valence-corrected chi connectivity index (χ4v) is 2.13. The zero-order chi connectivity index (χ0) is 15.2. The molecular formula is C18H18O3. The van der Waals surface area contributed by atoms with E-state index >= 15 is 0 Å². The van der Waals surface area contributed by atoms with Gasteiger partial charge in [0.2, 0.25) is 0 Å². The molecule has 0 amide bonds. The first-order chi connectivity index (χ1) is 10.2. The van der Waals surface area contributed by atoms with Crippen LogP contribution in [0.15, 0.2) is 42.5 Å². The van der Waals surface area contributed by atoms with E-state index in [0.717, 1.165) is 11.1 Å². The van der Waals surface area contributed by atoms with E-state index in [-0.39, 0.29) is 5.78 Å². The van der Waals surface area contributed by atoms with Gasteiger partial charge in [0.05, 0.1) is 14.2 Å². The van der Waals surface area contributed by atoms with Crippen molar-refractivity contribution in [2.45, 2.75) is 6.92 Å². The largest absolute Gasteiger partial charge is 0.496 e. The highest BCUT2D eigenvalue weighted by atomic mass is 16.5. The molecule has 0 saturated carbocycles. The molecule has 0 radical (unpaired) electrons. The molecule has 0 aromatic heterocycles. The van der Waals surface area contributed by atoms with Gasteiger partial charge in [-0.05, 0) is 30.2 Å². The molecule has 0 unspecified atom stereocenters. The van der Waals surface area contributed by atoms with Crippen molar-refractivity contribution in [2.75, 3.05) is 14.2 Å². The van der Waals surface area contributed by atoms with E-state index in [4.69, 9.17) is 9.47 Å². The number of carbonyl (C=O) groups is 1. The number of ether oxygens (including phenoxy) is 2. The molecule has 3 heteroatoms. The van der Waals surface area contributed by atoms with Crippen molar-refractivity contribution < 1.29 is 14.3 Å². The molecule has 0 atom stereocenters. The van der Waals surface area contributed by atoms with Crippen molar-refractivity contribution in [3.8, 4) is 11.5 Å². The van der Waals surface area contributed by atoms with Crippen molar-refractivity contribution in [1.29, 1.82) is 0 Å². The molecule has 0 aliphatic carbocycles. The lowest BCUT2D eigenvalue weighted by Crippen LogP contribution is -2.02. The maximum atomic E-state index is 11.7. The number of hydrogen-bond donors (Lipinski definition) is 0. The summed E-state index contributed by atoms with van der Waals surface area (Å²) in [4.78, 5) is 11.7. The molecule has 0 bridgehead atoms. The van der Waals surface area contributed by atoms with Crippen molar-refractivity contribution in [3.63, 3.8) is 0 Å². The molecule has 2 aromatic rings. The molecule has 108 valence electrons. The maximum Gasteiger partial charge on any atom is 0.167 e. The van der Waals surface area contributed by atoms with Gasteiger partial charge < -0.3 is 9.47 Å². The Morgan fingerprint density at radius 2 is 1.43 bits per heavy atom. The van der Waals surface area contributed by atoms with Gasteiger partial charge in [-0.1, -0.05) is 42.5 Å². The molecule has 0 aliphatic rings. The lowest BCUT2D eigenvalue weighted by molar-refractivity contribution is 0.101. The fourth-order valence-electron chi connectivity index (χ4n) is 2.13. The Balaban J connectivity index is 2.42. The minimum Gasteiger partial charge on any atom is -0.496 e. The summed E-state index contributed by atoms with van der Waals surface area (Å²) >= 11 is 0. The standard InChI is InChI=1S/C18H18O3/c1-13(19)18-16(20-2)11-15(12-17(18)21-3)10-9-14-7-5-4-6-8-14/h4-12H,1-3H3/b10-9+. The first-order valence-corrected chi connectivity index (χ1v) is 6.65. The molecule has 2 rings (SSSR count). The Kier molecular flexibility index (Phi) is 4.77. The topological polar surface area (TPSA) is 35.5 Å². The van der Waals surface area contributed by atoms with Crippen molar-refractivity contribution >= 4 is 17.9 Å². The predicted molar refractivity (Wildman–Crippen MR) is 84.9 cm³/mol. The number of hydrogen-bond acceptors (Lipinski definition) is 3. The highest BCUT2D eigenvalue weighted by molar-refractivity contribution is 6.00. The van der Waals surface area contributed by atoms with Crippen LogP contribution in [-0.2, 0) is 0 Å². The van der Waals surface area contributed by atoms with Crippen molar-refractivity contribution in [1.82, 2.24) is 0 Å². The number of methoxy groups -OCH3 is 2. The molecule has 0 fully saturated rings. The second kappa shape index (κ2) is 6.75. The van der Waals surface area contributed by atoms with Crippen LogP contribution in [0, 0.1) is 0 Å². The van der Waals surface area contributed by atoms with Gasteiger partial charge >= 0.3 is 0 Å². The zero-order valence-electron chi connectivity index (χ0n) is 12.4. The lowest BCUT2D eigenvalue weighted by Gasteiger charge is -2.12. The Hall–Kier alpha value is -2.55. The van der Waals surface area contributed by atoms with E-state index in [9.17, 15) is 4.79 Å². The number of carbonyl (C=O) groups excluding carboxylic acids is 1. The molecule has 0 spiro atoms. The summed E-state index contributed by atoms with van der Waals surface area (Å²) in [5.41, 5.74) is 2.49. The Morgan fingerprint density at radius 3 is 1.90 bits per heavy atom. The summed E-state index contributed by atoms with van der Waals surface area (Å²) in [6.07, 6.45) is 3.96. The fraction of sp³-hybridized carbons (Fsp3) is 0.167. The summed E-state index contributed by atoms with van der Waals surface area (Å²) in [7, 11) is 3.10. The Morgan fingerprint density at radius 1 is 0.905 bits per heavy atom. The van der Waals surface area contributed by atoms with Crippen molar-refractivity contribution in [2.24, 2.45) is 0 Å². The third-order valence-corrected chi connectivity index (χ3v) is 3.15. The molecular weight excluding hydrogens is 264 g/mol. The van der Waals surface area contributed by atoms with E-state index in [0.29, 0.717) is 17.1 Å². The minimum absolute atomic E-state index is 0.0812. The Labute approximate surface area is 124 Å². The monoisotopic (exact) mass is 282 g/mol. The molecule has 21 heavy (non-hydrogen) atoms. The number of ketones is 1. The summed E-state index contributed by atoms with van der Waals surface area (Å²) in [6.45, 7) is 1.50. The number of rotatable bonds is 5. The van der Waals surface area contributed by atoms with Crippen LogP contribution in [0.2, 0.25) is 0 Å². The summed E-state index contributed by atoms with van der Waals surface area (Å²) in [6, 6.07) is 13.7.